The standard InChI is InChI=1S/C21H23NO3.C14H17NO3.CH4O/c1-15-13-22(20(23)25-21(2,3)4)19-11-10-17(12-18(15)19)24-14-16-8-6-5-7-9-16;1-9-8-15(13(17)18-14(2,3)4)12-6-5-10(16)7-11(9)12;1-2/h5-13H,14H2,1-4H3;5-8,16H,1-4H3;2H,1H3. The van der Waals surface area contributed by atoms with Crippen LogP contribution >= 0.6 is 0 Å². The van der Waals surface area contributed by atoms with Crippen molar-refractivity contribution in [1.82, 2.24) is 9.13 Å². The molecule has 45 heavy (non-hydrogen) atoms. The van der Waals surface area contributed by atoms with Crippen LogP contribution in [0.5, 0.6) is 11.5 Å². The summed E-state index contributed by atoms with van der Waals surface area (Å²) in [4.78, 5) is 24.4. The number of benzene rings is 3. The van der Waals surface area contributed by atoms with Crippen LogP contribution in [-0.4, -0.2) is 49.8 Å². The van der Waals surface area contributed by atoms with Crippen molar-refractivity contribution in [1.29, 1.82) is 0 Å². The first-order valence-corrected chi connectivity index (χ1v) is 14.6. The van der Waals surface area contributed by atoms with E-state index < -0.39 is 17.3 Å². The summed E-state index contributed by atoms with van der Waals surface area (Å²) < 4.78 is 19.7. The zero-order valence-electron chi connectivity index (χ0n) is 27.5. The summed E-state index contributed by atoms with van der Waals surface area (Å²) in [7, 11) is 1.00. The van der Waals surface area contributed by atoms with E-state index in [4.69, 9.17) is 19.3 Å². The third kappa shape index (κ3) is 9.36. The van der Waals surface area contributed by atoms with Crippen LogP contribution in [0.25, 0.3) is 21.8 Å². The molecule has 0 aliphatic heterocycles. The maximum atomic E-state index is 12.4. The zero-order valence-corrected chi connectivity index (χ0v) is 27.5. The molecular formula is C36H44N2O7. The van der Waals surface area contributed by atoms with Gasteiger partial charge in [-0.3, -0.25) is 9.13 Å². The summed E-state index contributed by atoms with van der Waals surface area (Å²) in [6.07, 6.45) is 2.74. The van der Waals surface area contributed by atoms with Gasteiger partial charge in [0.25, 0.3) is 0 Å². The number of aliphatic hydroxyl groups is 1. The highest BCUT2D eigenvalue weighted by molar-refractivity contribution is 5.93. The lowest BCUT2D eigenvalue weighted by Gasteiger charge is -2.19. The quantitative estimate of drug-likeness (QED) is 0.209. The van der Waals surface area contributed by atoms with E-state index in [1.54, 1.807) is 35.2 Å². The van der Waals surface area contributed by atoms with E-state index in [0.29, 0.717) is 6.61 Å². The lowest BCUT2D eigenvalue weighted by atomic mass is 10.2. The second kappa shape index (κ2) is 14.3. The molecule has 9 nitrogen and oxygen atoms in total. The summed E-state index contributed by atoms with van der Waals surface area (Å²) in [5.41, 5.74) is 3.54. The van der Waals surface area contributed by atoms with Gasteiger partial charge in [0, 0.05) is 30.3 Å². The maximum Gasteiger partial charge on any atom is 0.418 e. The Hall–Kier alpha value is -4.76. The minimum atomic E-state index is -0.529. The molecule has 240 valence electrons. The number of phenolic OH excluding ortho intramolecular Hbond substituents is 1. The molecule has 0 aliphatic rings. The van der Waals surface area contributed by atoms with Gasteiger partial charge in [0.2, 0.25) is 0 Å². The second-order valence-electron chi connectivity index (χ2n) is 12.5. The first kappa shape index (κ1) is 34.7. The summed E-state index contributed by atoms with van der Waals surface area (Å²) in [6, 6.07) is 20.7. The molecule has 3 aromatic carbocycles. The summed E-state index contributed by atoms with van der Waals surface area (Å²) in [5.74, 6) is 0.967. The average Bonchev–Trinajstić information content (AvgIpc) is 3.48. The molecule has 5 rings (SSSR count). The number of aryl methyl sites for hydroxylation is 2. The molecule has 0 saturated heterocycles. The Kier molecular flexibility index (Phi) is 11.1. The molecule has 9 heteroatoms. The minimum absolute atomic E-state index is 0.188. The molecule has 0 aliphatic carbocycles. The number of hydrogen-bond donors (Lipinski definition) is 2. The fourth-order valence-corrected chi connectivity index (χ4v) is 4.51. The monoisotopic (exact) mass is 616 g/mol. The van der Waals surface area contributed by atoms with Crippen LogP contribution in [0.1, 0.15) is 58.2 Å². The molecule has 5 aromatic rings. The molecule has 0 amide bonds. The number of aromatic hydroxyl groups is 1. The molecule has 0 atom stereocenters. The fourth-order valence-electron chi connectivity index (χ4n) is 4.51. The lowest BCUT2D eigenvalue weighted by molar-refractivity contribution is 0.0533. The van der Waals surface area contributed by atoms with Gasteiger partial charge >= 0.3 is 12.2 Å². The number of rotatable bonds is 3. The number of carbonyl (C=O) groups excluding carboxylic acids is 2. The number of aliphatic hydroxyl groups excluding tert-OH is 1. The molecule has 2 aromatic heterocycles. The predicted molar refractivity (Wildman–Crippen MR) is 177 cm³/mol. The smallest absolute Gasteiger partial charge is 0.418 e. The van der Waals surface area contributed by atoms with Gasteiger partial charge in [-0.25, -0.2) is 9.59 Å². The fraction of sp³-hybridized carbons (Fsp3) is 0.333. The van der Waals surface area contributed by atoms with Crippen molar-refractivity contribution < 1.29 is 34.0 Å². The Bertz CT molecular complexity index is 1750. The molecule has 0 bridgehead atoms. The van der Waals surface area contributed by atoms with E-state index >= 15 is 0 Å². The van der Waals surface area contributed by atoms with Crippen molar-refractivity contribution in [3.05, 3.63) is 95.8 Å². The van der Waals surface area contributed by atoms with Gasteiger partial charge in [-0.1, -0.05) is 30.3 Å². The highest BCUT2D eigenvalue weighted by Gasteiger charge is 2.21. The molecule has 2 N–H and O–H groups in total. The SMILES string of the molecule is CO.Cc1cn(C(=O)OC(C)(C)C)c2ccc(O)cc12.Cc1cn(C(=O)OC(C)(C)C)c2ccc(OCc3ccccc3)cc12. The van der Waals surface area contributed by atoms with Crippen LogP contribution in [0, 0.1) is 13.8 Å². The van der Waals surface area contributed by atoms with E-state index in [2.05, 4.69) is 0 Å². The number of phenols is 1. The van der Waals surface area contributed by atoms with Crippen molar-refractivity contribution >= 4 is 34.0 Å². The molecule has 0 spiro atoms. The molecule has 0 fully saturated rings. The lowest BCUT2D eigenvalue weighted by Crippen LogP contribution is -2.26. The van der Waals surface area contributed by atoms with Crippen molar-refractivity contribution in [2.75, 3.05) is 7.11 Å². The zero-order chi connectivity index (χ0) is 33.5. The Morgan fingerprint density at radius 3 is 1.64 bits per heavy atom. The molecule has 0 unspecified atom stereocenters. The number of fused-ring (bicyclic) bond motifs is 2. The van der Waals surface area contributed by atoms with Crippen LogP contribution in [-0.2, 0) is 16.1 Å². The van der Waals surface area contributed by atoms with Crippen LogP contribution in [0.15, 0.2) is 79.1 Å². The number of hydrogen-bond acceptors (Lipinski definition) is 7. The highest BCUT2D eigenvalue weighted by Crippen LogP contribution is 2.28. The normalized spacial score (nSPS) is 11.2. The van der Waals surface area contributed by atoms with E-state index in [1.807, 2.05) is 104 Å². The average molecular weight is 617 g/mol. The van der Waals surface area contributed by atoms with E-state index in [9.17, 15) is 14.7 Å². The third-order valence-corrected chi connectivity index (χ3v) is 6.39. The number of carbonyl (C=O) groups is 2. The molecule has 0 radical (unpaired) electrons. The molecule has 0 saturated carbocycles. The Morgan fingerprint density at radius 2 is 1.16 bits per heavy atom. The van der Waals surface area contributed by atoms with Gasteiger partial charge in [-0.15, -0.1) is 0 Å². The predicted octanol–water partition coefficient (Wildman–Crippen LogP) is 8.36. The van der Waals surface area contributed by atoms with Crippen molar-refractivity contribution in [2.24, 2.45) is 0 Å². The largest absolute Gasteiger partial charge is 0.508 e. The third-order valence-electron chi connectivity index (χ3n) is 6.39. The Labute approximate surface area is 264 Å². The van der Waals surface area contributed by atoms with Crippen molar-refractivity contribution in [2.45, 2.75) is 73.2 Å². The van der Waals surface area contributed by atoms with Crippen LogP contribution in [0.4, 0.5) is 9.59 Å². The summed E-state index contributed by atoms with van der Waals surface area (Å²) in [6.45, 7) is 15.4. The van der Waals surface area contributed by atoms with E-state index in [0.717, 1.165) is 51.4 Å². The van der Waals surface area contributed by atoms with Crippen molar-refractivity contribution in [3.8, 4) is 11.5 Å². The first-order valence-electron chi connectivity index (χ1n) is 14.6. The van der Waals surface area contributed by atoms with Gasteiger partial charge in [0.15, 0.2) is 0 Å². The van der Waals surface area contributed by atoms with Gasteiger partial charge in [-0.05, 0) is 108 Å². The first-order chi connectivity index (χ1) is 21.1. The van der Waals surface area contributed by atoms with Gasteiger partial charge < -0.3 is 24.4 Å². The van der Waals surface area contributed by atoms with Gasteiger partial charge in [0.05, 0.1) is 11.0 Å². The van der Waals surface area contributed by atoms with Gasteiger partial charge in [-0.2, -0.15) is 0 Å². The highest BCUT2D eigenvalue weighted by atomic mass is 16.6. The van der Waals surface area contributed by atoms with E-state index in [1.165, 1.54) is 4.57 Å². The number of aromatic nitrogens is 2. The van der Waals surface area contributed by atoms with Crippen molar-refractivity contribution in [3.63, 3.8) is 0 Å². The maximum absolute atomic E-state index is 12.4. The van der Waals surface area contributed by atoms with Crippen LogP contribution < -0.4 is 4.74 Å². The minimum Gasteiger partial charge on any atom is -0.508 e. The Balaban J connectivity index is 0.000000244. The number of nitrogens with zero attached hydrogens (tertiary/aromatic N) is 2. The van der Waals surface area contributed by atoms with E-state index in [-0.39, 0.29) is 11.8 Å². The summed E-state index contributed by atoms with van der Waals surface area (Å²) in [5, 5.41) is 18.3. The topological polar surface area (TPSA) is 112 Å². The molecule has 2 heterocycles. The number of ether oxygens (including phenoxy) is 3. The van der Waals surface area contributed by atoms with Crippen LogP contribution in [0.3, 0.4) is 0 Å². The van der Waals surface area contributed by atoms with Crippen LogP contribution in [0.2, 0.25) is 0 Å². The Morgan fingerprint density at radius 1 is 0.689 bits per heavy atom. The molecular weight excluding hydrogens is 572 g/mol. The summed E-state index contributed by atoms with van der Waals surface area (Å²) >= 11 is 0. The second-order valence-corrected chi connectivity index (χ2v) is 12.5. The van der Waals surface area contributed by atoms with Gasteiger partial charge in [0.1, 0.15) is 29.3 Å².